The van der Waals surface area contributed by atoms with Gasteiger partial charge in [-0.05, 0) is 30.5 Å². The zero-order valence-electron chi connectivity index (χ0n) is 13.9. The lowest BCUT2D eigenvalue weighted by atomic mass is 9.98. The molecule has 0 aromatic heterocycles. The van der Waals surface area contributed by atoms with Crippen LogP contribution in [0.25, 0.3) is 0 Å². The summed E-state index contributed by atoms with van der Waals surface area (Å²) in [6.45, 7) is 4.84. The van der Waals surface area contributed by atoms with Gasteiger partial charge in [0.2, 0.25) is 5.91 Å². The Balaban J connectivity index is 1.64. The smallest absolute Gasteiger partial charge is 0.223 e. The summed E-state index contributed by atoms with van der Waals surface area (Å²) in [5.41, 5.74) is 1.02. The van der Waals surface area contributed by atoms with Crippen molar-refractivity contribution < 1.29 is 18.7 Å². The molecule has 1 aromatic carbocycles. The summed E-state index contributed by atoms with van der Waals surface area (Å²) >= 11 is 0. The molecule has 6 heteroatoms. The average Bonchev–Trinajstić information content (AvgIpc) is 2.65. The van der Waals surface area contributed by atoms with Crippen molar-refractivity contribution in [3.63, 3.8) is 0 Å². The van der Waals surface area contributed by atoms with Crippen LogP contribution in [0.1, 0.15) is 24.4 Å². The third-order valence-electron chi connectivity index (χ3n) is 4.80. The fourth-order valence-electron chi connectivity index (χ4n) is 3.33. The molecule has 0 radical (unpaired) electrons. The van der Waals surface area contributed by atoms with E-state index in [1.54, 1.807) is 12.1 Å². The van der Waals surface area contributed by atoms with Gasteiger partial charge in [-0.2, -0.15) is 0 Å². The summed E-state index contributed by atoms with van der Waals surface area (Å²) in [7, 11) is 0. The molecule has 2 aliphatic heterocycles. The molecule has 1 atom stereocenters. The molecule has 1 unspecified atom stereocenters. The van der Waals surface area contributed by atoms with Gasteiger partial charge < -0.3 is 14.8 Å². The number of carbonyl (C=O) groups is 1. The Bertz CT molecular complexity index is 526. The number of rotatable bonds is 5. The molecule has 2 heterocycles. The minimum absolute atomic E-state index is 0.0392. The number of nitrogens with zero attached hydrogens (tertiary/aromatic N) is 1. The van der Waals surface area contributed by atoms with E-state index < -0.39 is 0 Å². The number of amides is 1. The van der Waals surface area contributed by atoms with E-state index in [9.17, 15) is 9.18 Å². The fourth-order valence-corrected chi connectivity index (χ4v) is 3.33. The molecule has 0 saturated carbocycles. The molecule has 1 N–H and O–H groups in total. The highest BCUT2D eigenvalue weighted by Gasteiger charge is 2.26. The molecule has 0 spiro atoms. The highest BCUT2D eigenvalue weighted by molar-refractivity contribution is 5.78. The lowest BCUT2D eigenvalue weighted by Gasteiger charge is -2.35. The first kappa shape index (κ1) is 17.3. The van der Waals surface area contributed by atoms with Gasteiger partial charge in [0.25, 0.3) is 0 Å². The van der Waals surface area contributed by atoms with Crippen molar-refractivity contribution in [2.24, 2.45) is 5.92 Å². The first-order valence-corrected chi connectivity index (χ1v) is 8.67. The maximum atomic E-state index is 13.2. The molecule has 0 aliphatic carbocycles. The zero-order chi connectivity index (χ0) is 16.8. The van der Waals surface area contributed by atoms with Gasteiger partial charge >= 0.3 is 0 Å². The van der Waals surface area contributed by atoms with Gasteiger partial charge in [-0.3, -0.25) is 9.69 Å². The second kappa shape index (κ2) is 8.55. The predicted molar refractivity (Wildman–Crippen MR) is 88.1 cm³/mol. The summed E-state index contributed by atoms with van der Waals surface area (Å²) in [6, 6.07) is 6.59. The van der Waals surface area contributed by atoms with E-state index in [0.717, 1.165) is 31.5 Å². The van der Waals surface area contributed by atoms with Gasteiger partial charge in [0, 0.05) is 38.8 Å². The van der Waals surface area contributed by atoms with Gasteiger partial charge in [0.15, 0.2) is 0 Å². The van der Waals surface area contributed by atoms with Crippen molar-refractivity contribution in [2.75, 3.05) is 46.1 Å². The number of benzene rings is 1. The Kier molecular flexibility index (Phi) is 6.18. The van der Waals surface area contributed by atoms with Crippen molar-refractivity contribution in [2.45, 2.75) is 18.9 Å². The third-order valence-corrected chi connectivity index (χ3v) is 4.80. The molecule has 2 aliphatic rings. The molecular formula is C18H25FN2O3. The molecule has 1 aromatic rings. The van der Waals surface area contributed by atoms with E-state index >= 15 is 0 Å². The molecule has 2 fully saturated rings. The van der Waals surface area contributed by atoms with E-state index in [0.29, 0.717) is 33.0 Å². The third kappa shape index (κ3) is 4.53. The SMILES string of the molecule is O=C(NCC(c1ccc(F)cc1)N1CCOCC1)C1CCOCC1. The van der Waals surface area contributed by atoms with Crippen LogP contribution in [0.3, 0.4) is 0 Å². The number of morpholine rings is 1. The lowest BCUT2D eigenvalue weighted by Crippen LogP contribution is -2.45. The molecule has 5 nitrogen and oxygen atoms in total. The van der Waals surface area contributed by atoms with Gasteiger partial charge in [-0.15, -0.1) is 0 Å². The normalized spacial score (nSPS) is 21.4. The van der Waals surface area contributed by atoms with Crippen LogP contribution in [0.15, 0.2) is 24.3 Å². The van der Waals surface area contributed by atoms with Crippen molar-refractivity contribution in [3.05, 3.63) is 35.6 Å². The summed E-state index contributed by atoms with van der Waals surface area (Å²) < 4.78 is 24.0. The first-order valence-electron chi connectivity index (χ1n) is 8.67. The monoisotopic (exact) mass is 336 g/mol. The van der Waals surface area contributed by atoms with E-state index in [1.807, 2.05) is 0 Å². The standard InChI is InChI=1S/C18H25FN2O3/c19-16-3-1-14(2-4-16)17(21-7-11-24-12-8-21)13-20-18(22)15-5-9-23-10-6-15/h1-4,15,17H,5-13H2,(H,20,22). The van der Waals surface area contributed by atoms with Crippen molar-refractivity contribution in [1.29, 1.82) is 0 Å². The summed E-state index contributed by atoms with van der Waals surface area (Å²) in [6.07, 6.45) is 1.56. The van der Waals surface area contributed by atoms with Crippen LogP contribution >= 0.6 is 0 Å². The zero-order valence-corrected chi connectivity index (χ0v) is 13.9. The minimum Gasteiger partial charge on any atom is -0.381 e. The van der Waals surface area contributed by atoms with Gasteiger partial charge in [0.05, 0.1) is 19.3 Å². The molecular weight excluding hydrogens is 311 g/mol. The molecule has 1 amide bonds. The van der Waals surface area contributed by atoms with Crippen molar-refractivity contribution in [3.8, 4) is 0 Å². The summed E-state index contributed by atoms with van der Waals surface area (Å²) in [5, 5.41) is 3.09. The minimum atomic E-state index is -0.245. The van der Waals surface area contributed by atoms with E-state index in [4.69, 9.17) is 9.47 Å². The Morgan fingerprint density at radius 2 is 1.75 bits per heavy atom. The molecule has 24 heavy (non-hydrogen) atoms. The lowest BCUT2D eigenvalue weighted by molar-refractivity contribution is -0.128. The van der Waals surface area contributed by atoms with Crippen LogP contribution in [0.2, 0.25) is 0 Å². The topological polar surface area (TPSA) is 50.8 Å². The number of carbonyl (C=O) groups excluding carboxylic acids is 1. The Morgan fingerprint density at radius 3 is 2.42 bits per heavy atom. The van der Waals surface area contributed by atoms with E-state index in [2.05, 4.69) is 10.2 Å². The highest BCUT2D eigenvalue weighted by atomic mass is 19.1. The van der Waals surface area contributed by atoms with Crippen LogP contribution in [0.5, 0.6) is 0 Å². The van der Waals surface area contributed by atoms with Crippen molar-refractivity contribution >= 4 is 5.91 Å². The number of halogens is 1. The second-order valence-electron chi connectivity index (χ2n) is 6.35. The maximum Gasteiger partial charge on any atom is 0.223 e. The Labute approximate surface area is 142 Å². The quantitative estimate of drug-likeness (QED) is 0.890. The van der Waals surface area contributed by atoms with Gasteiger partial charge in [-0.25, -0.2) is 4.39 Å². The molecule has 2 saturated heterocycles. The average molecular weight is 336 g/mol. The number of ether oxygens (including phenoxy) is 2. The van der Waals surface area contributed by atoms with Crippen LogP contribution in [0, 0.1) is 11.7 Å². The van der Waals surface area contributed by atoms with Crippen LogP contribution in [-0.2, 0) is 14.3 Å². The fraction of sp³-hybridized carbons (Fsp3) is 0.611. The predicted octanol–water partition coefficient (Wildman–Crippen LogP) is 1.74. The molecule has 132 valence electrons. The number of hydrogen-bond acceptors (Lipinski definition) is 4. The van der Waals surface area contributed by atoms with E-state index in [1.165, 1.54) is 12.1 Å². The van der Waals surface area contributed by atoms with Gasteiger partial charge in [0.1, 0.15) is 5.82 Å². The molecule has 0 bridgehead atoms. The number of nitrogens with one attached hydrogen (secondary N) is 1. The highest BCUT2D eigenvalue weighted by Crippen LogP contribution is 2.22. The van der Waals surface area contributed by atoms with Gasteiger partial charge in [-0.1, -0.05) is 12.1 Å². The van der Waals surface area contributed by atoms with Crippen LogP contribution < -0.4 is 5.32 Å². The maximum absolute atomic E-state index is 13.2. The van der Waals surface area contributed by atoms with Crippen LogP contribution in [0.4, 0.5) is 4.39 Å². The van der Waals surface area contributed by atoms with E-state index in [-0.39, 0.29) is 23.7 Å². The number of hydrogen-bond donors (Lipinski definition) is 1. The van der Waals surface area contributed by atoms with Crippen molar-refractivity contribution in [1.82, 2.24) is 10.2 Å². The molecule has 3 rings (SSSR count). The summed E-state index contributed by atoms with van der Waals surface area (Å²) in [5.74, 6) is -0.110. The largest absolute Gasteiger partial charge is 0.381 e. The Hall–Kier alpha value is -1.50. The second-order valence-corrected chi connectivity index (χ2v) is 6.35. The first-order chi connectivity index (χ1) is 11.7. The van der Waals surface area contributed by atoms with Crippen LogP contribution in [-0.4, -0.2) is 56.9 Å². The Morgan fingerprint density at radius 1 is 1.12 bits per heavy atom. The summed E-state index contributed by atoms with van der Waals surface area (Å²) in [4.78, 5) is 14.7.